The minimum Gasteiger partial charge on any atom is -0.0883 e. The first-order valence-electron chi connectivity index (χ1n) is 5.47. The highest BCUT2D eigenvalue weighted by Gasteiger charge is 1.94. The average Bonchev–Trinajstić information content (AvgIpc) is 2.09. The van der Waals surface area contributed by atoms with Crippen molar-refractivity contribution in [3.05, 3.63) is 12.2 Å². The monoisotopic (exact) mass is 168 g/mol. The molecule has 12 heavy (non-hydrogen) atoms. The van der Waals surface area contributed by atoms with Crippen molar-refractivity contribution in [2.45, 2.75) is 59.3 Å². The van der Waals surface area contributed by atoms with E-state index >= 15 is 0 Å². The molecule has 0 saturated carbocycles. The summed E-state index contributed by atoms with van der Waals surface area (Å²) in [4.78, 5) is 0. The van der Waals surface area contributed by atoms with Crippen LogP contribution in [0.3, 0.4) is 0 Å². The van der Waals surface area contributed by atoms with Gasteiger partial charge in [0.15, 0.2) is 0 Å². The van der Waals surface area contributed by atoms with Crippen LogP contribution >= 0.6 is 0 Å². The SMILES string of the molecule is CCCC/C=C\C(C)CCCC. The van der Waals surface area contributed by atoms with Crippen molar-refractivity contribution >= 4 is 0 Å². The van der Waals surface area contributed by atoms with Gasteiger partial charge in [0.25, 0.3) is 0 Å². The molecule has 0 aromatic heterocycles. The predicted molar refractivity (Wildman–Crippen MR) is 57.4 cm³/mol. The van der Waals surface area contributed by atoms with Crippen LogP contribution in [-0.2, 0) is 0 Å². The second-order valence-corrected chi connectivity index (χ2v) is 3.69. The third-order valence-electron chi connectivity index (χ3n) is 2.20. The van der Waals surface area contributed by atoms with E-state index in [0.29, 0.717) is 0 Å². The fourth-order valence-electron chi connectivity index (χ4n) is 1.27. The number of unbranched alkanes of at least 4 members (excludes halogenated alkanes) is 3. The van der Waals surface area contributed by atoms with Crippen LogP contribution in [0.25, 0.3) is 0 Å². The zero-order chi connectivity index (χ0) is 9.23. The topological polar surface area (TPSA) is 0 Å². The zero-order valence-electron chi connectivity index (χ0n) is 8.97. The summed E-state index contributed by atoms with van der Waals surface area (Å²) >= 11 is 0. The molecule has 0 heterocycles. The highest BCUT2D eigenvalue weighted by molar-refractivity contribution is 4.85. The van der Waals surface area contributed by atoms with Crippen LogP contribution in [-0.4, -0.2) is 0 Å². The van der Waals surface area contributed by atoms with Gasteiger partial charge in [0.2, 0.25) is 0 Å². The summed E-state index contributed by atoms with van der Waals surface area (Å²) in [6, 6.07) is 0. The molecule has 1 unspecified atom stereocenters. The minimum atomic E-state index is 0.793. The van der Waals surface area contributed by atoms with Crippen molar-refractivity contribution < 1.29 is 0 Å². The maximum absolute atomic E-state index is 2.38. The Balaban J connectivity index is 3.27. The van der Waals surface area contributed by atoms with Crippen LogP contribution < -0.4 is 0 Å². The molecule has 0 fully saturated rings. The second kappa shape index (κ2) is 8.83. The summed E-state index contributed by atoms with van der Waals surface area (Å²) in [6.45, 7) is 6.82. The van der Waals surface area contributed by atoms with Crippen LogP contribution in [0, 0.1) is 5.92 Å². The average molecular weight is 168 g/mol. The number of allylic oxidation sites excluding steroid dienone is 2. The van der Waals surface area contributed by atoms with Gasteiger partial charge >= 0.3 is 0 Å². The van der Waals surface area contributed by atoms with E-state index in [4.69, 9.17) is 0 Å². The van der Waals surface area contributed by atoms with Gasteiger partial charge in [-0.2, -0.15) is 0 Å². The van der Waals surface area contributed by atoms with E-state index in [1.54, 1.807) is 0 Å². The van der Waals surface area contributed by atoms with Gasteiger partial charge in [0.05, 0.1) is 0 Å². The highest BCUT2D eigenvalue weighted by Crippen LogP contribution is 2.09. The summed E-state index contributed by atoms with van der Waals surface area (Å²) < 4.78 is 0. The van der Waals surface area contributed by atoms with Crippen LogP contribution in [0.15, 0.2) is 12.2 Å². The van der Waals surface area contributed by atoms with Crippen molar-refractivity contribution in [3.63, 3.8) is 0 Å². The first-order chi connectivity index (χ1) is 5.81. The summed E-state index contributed by atoms with van der Waals surface area (Å²) in [5.74, 6) is 0.793. The van der Waals surface area contributed by atoms with Crippen LogP contribution in [0.5, 0.6) is 0 Å². The van der Waals surface area contributed by atoms with Crippen molar-refractivity contribution in [2.24, 2.45) is 5.92 Å². The summed E-state index contributed by atoms with van der Waals surface area (Å²) in [5, 5.41) is 0. The molecule has 0 aromatic carbocycles. The van der Waals surface area contributed by atoms with Crippen LogP contribution in [0.1, 0.15) is 59.3 Å². The molecule has 0 rings (SSSR count). The van der Waals surface area contributed by atoms with E-state index in [1.807, 2.05) is 0 Å². The van der Waals surface area contributed by atoms with Gasteiger partial charge in [-0.25, -0.2) is 0 Å². The summed E-state index contributed by atoms with van der Waals surface area (Å²) in [6.07, 6.45) is 12.7. The Kier molecular flexibility index (Phi) is 8.64. The Labute approximate surface area is 78.1 Å². The molecule has 0 bridgehead atoms. The third-order valence-corrected chi connectivity index (χ3v) is 2.20. The third kappa shape index (κ3) is 7.84. The van der Waals surface area contributed by atoms with E-state index in [-0.39, 0.29) is 0 Å². The van der Waals surface area contributed by atoms with E-state index < -0.39 is 0 Å². The van der Waals surface area contributed by atoms with E-state index in [1.165, 1.54) is 38.5 Å². The molecule has 0 nitrogen and oxygen atoms in total. The molecule has 0 aliphatic heterocycles. The van der Waals surface area contributed by atoms with Crippen molar-refractivity contribution in [1.82, 2.24) is 0 Å². The van der Waals surface area contributed by atoms with Gasteiger partial charge in [-0.3, -0.25) is 0 Å². The standard InChI is InChI=1S/C12H24/c1-4-6-8-9-11-12(3)10-7-5-2/h9,11-12H,4-8,10H2,1-3H3/b11-9-. The molecule has 0 amide bonds. The maximum atomic E-state index is 2.38. The van der Waals surface area contributed by atoms with Gasteiger partial charge in [0, 0.05) is 0 Å². The molecular weight excluding hydrogens is 144 g/mol. The van der Waals surface area contributed by atoms with Crippen LogP contribution in [0.4, 0.5) is 0 Å². The Morgan fingerprint density at radius 1 is 1.08 bits per heavy atom. The maximum Gasteiger partial charge on any atom is -0.0262 e. The lowest BCUT2D eigenvalue weighted by Gasteiger charge is -2.03. The molecule has 1 atom stereocenters. The molecule has 0 saturated heterocycles. The second-order valence-electron chi connectivity index (χ2n) is 3.69. The minimum absolute atomic E-state index is 0.793. The molecule has 72 valence electrons. The lowest BCUT2D eigenvalue weighted by atomic mass is 10.0. The Morgan fingerprint density at radius 3 is 2.33 bits per heavy atom. The molecule has 0 N–H and O–H groups in total. The summed E-state index contributed by atoms with van der Waals surface area (Å²) in [7, 11) is 0. The van der Waals surface area contributed by atoms with E-state index in [0.717, 1.165) is 5.92 Å². The Hall–Kier alpha value is -0.260. The zero-order valence-corrected chi connectivity index (χ0v) is 8.97. The smallest absolute Gasteiger partial charge is 0.0262 e. The lowest BCUT2D eigenvalue weighted by Crippen LogP contribution is -1.88. The summed E-state index contributed by atoms with van der Waals surface area (Å²) in [5.41, 5.74) is 0. The van der Waals surface area contributed by atoms with Crippen molar-refractivity contribution in [1.29, 1.82) is 0 Å². The normalized spacial score (nSPS) is 13.9. The molecule has 0 spiro atoms. The largest absolute Gasteiger partial charge is 0.0883 e. The number of rotatable bonds is 7. The molecule has 0 heteroatoms. The van der Waals surface area contributed by atoms with Crippen LogP contribution in [0.2, 0.25) is 0 Å². The van der Waals surface area contributed by atoms with E-state index in [9.17, 15) is 0 Å². The lowest BCUT2D eigenvalue weighted by molar-refractivity contribution is 0.596. The first-order valence-corrected chi connectivity index (χ1v) is 5.47. The highest BCUT2D eigenvalue weighted by atomic mass is 14.0. The van der Waals surface area contributed by atoms with Crippen molar-refractivity contribution in [3.8, 4) is 0 Å². The van der Waals surface area contributed by atoms with Gasteiger partial charge in [-0.1, -0.05) is 58.6 Å². The van der Waals surface area contributed by atoms with Gasteiger partial charge in [-0.15, -0.1) is 0 Å². The number of hydrogen-bond acceptors (Lipinski definition) is 0. The quantitative estimate of drug-likeness (QED) is 0.386. The molecule has 0 aliphatic rings. The number of hydrogen-bond donors (Lipinski definition) is 0. The van der Waals surface area contributed by atoms with Gasteiger partial charge in [-0.05, 0) is 18.8 Å². The predicted octanol–water partition coefficient (Wildman–Crippen LogP) is 4.56. The first kappa shape index (κ1) is 11.7. The van der Waals surface area contributed by atoms with Gasteiger partial charge < -0.3 is 0 Å². The molecule has 0 radical (unpaired) electrons. The fraction of sp³-hybridized carbons (Fsp3) is 0.833. The Morgan fingerprint density at radius 2 is 1.75 bits per heavy atom. The molecule has 0 aromatic rings. The van der Waals surface area contributed by atoms with E-state index in [2.05, 4.69) is 32.9 Å². The molecular formula is C12H24. The molecule has 0 aliphatic carbocycles. The van der Waals surface area contributed by atoms with Gasteiger partial charge in [0.1, 0.15) is 0 Å². The Bertz CT molecular complexity index is 103. The fourth-order valence-corrected chi connectivity index (χ4v) is 1.27. The van der Waals surface area contributed by atoms with Crippen molar-refractivity contribution in [2.75, 3.05) is 0 Å².